The van der Waals surface area contributed by atoms with Crippen LogP contribution in [0.4, 0.5) is 11.4 Å². The number of anilines is 2. The summed E-state index contributed by atoms with van der Waals surface area (Å²) < 4.78 is 34.2. The molecule has 41 heavy (non-hydrogen) atoms. The number of sulfonamides is 1. The van der Waals surface area contributed by atoms with Crippen LogP contribution in [0, 0.1) is 13.8 Å². The minimum Gasteiger partial charge on any atom is -0.495 e. The van der Waals surface area contributed by atoms with Crippen molar-refractivity contribution in [1.82, 2.24) is 5.32 Å². The first-order valence-electron chi connectivity index (χ1n) is 13.1. The average Bonchev–Trinajstić information content (AvgIpc) is 2.97. The van der Waals surface area contributed by atoms with Crippen molar-refractivity contribution in [2.75, 3.05) is 29.8 Å². The van der Waals surface area contributed by atoms with Gasteiger partial charge in [-0.2, -0.15) is 0 Å². The first kappa shape index (κ1) is 29.4. The Morgan fingerprint density at radius 2 is 1.49 bits per heavy atom. The molecule has 0 spiro atoms. The fourth-order valence-corrected chi connectivity index (χ4v) is 5.73. The van der Waals surface area contributed by atoms with E-state index in [1.54, 1.807) is 54.6 Å². The lowest BCUT2D eigenvalue weighted by molar-refractivity contribution is -0.114. The molecule has 0 heterocycles. The molecule has 0 bridgehead atoms. The predicted molar refractivity (Wildman–Crippen MR) is 161 cm³/mol. The molecule has 0 aliphatic carbocycles. The average molecular weight is 572 g/mol. The van der Waals surface area contributed by atoms with Gasteiger partial charge in [0, 0.05) is 6.54 Å². The lowest BCUT2D eigenvalue weighted by Gasteiger charge is -2.26. The van der Waals surface area contributed by atoms with Crippen LogP contribution in [-0.2, 0) is 21.2 Å². The molecule has 0 radical (unpaired) electrons. The number of carbonyl (C=O) groups is 2. The second-order valence-corrected chi connectivity index (χ2v) is 11.4. The molecular weight excluding hydrogens is 538 g/mol. The van der Waals surface area contributed by atoms with Crippen molar-refractivity contribution in [3.05, 3.63) is 119 Å². The van der Waals surface area contributed by atoms with Gasteiger partial charge in [-0.05, 0) is 67.8 Å². The Balaban J connectivity index is 1.58. The standard InChI is InChI=1S/C32H33N3O5S/c1-23-13-16-26(17-14-23)41(38,39)35(29-21-24(2)15-18-30(29)40-3)22-31(36)34-28-12-8-7-11-27(28)32(37)33-20-19-25-9-5-4-6-10-25/h4-18,21H,19-20,22H2,1-3H3,(H,33,37)(H,34,36). The van der Waals surface area contributed by atoms with E-state index >= 15 is 0 Å². The van der Waals surface area contributed by atoms with Crippen LogP contribution in [0.2, 0.25) is 0 Å². The van der Waals surface area contributed by atoms with Gasteiger partial charge in [0.15, 0.2) is 0 Å². The molecule has 0 unspecified atom stereocenters. The number of methoxy groups -OCH3 is 1. The first-order valence-corrected chi connectivity index (χ1v) is 14.6. The molecule has 2 amide bonds. The van der Waals surface area contributed by atoms with E-state index in [1.807, 2.05) is 44.2 Å². The van der Waals surface area contributed by atoms with Crippen LogP contribution in [-0.4, -0.2) is 40.4 Å². The van der Waals surface area contributed by atoms with Gasteiger partial charge in [0.2, 0.25) is 5.91 Å². The number of rotatable bonds is 11. The van der Waals surface area contributed by atoms with Crippen LogP contribution in [0.1, 0.15) is 27.0 Å². The molecule has 4 rings (SSSR count). The summed E-state index contributed by atoms with van der Waals surface area (Å²) in [6.45, 7) is 3.56. The second kappa shape index (κ2) is 13.1. The lowest BCUT2D eigenvalue weighted by Crippen LogP contribution is -2.38. The molecule has 0 atom stereocenters. The summed E-state index contributed by atoms with van der Waals surface area (Å²) in [6.07, 6.45) is 0.658. The van der Waals surface area contributed by atoms with Crippen molar-refractivity contribution >= 4 is 33.2 Å². The van der Waals surface area contributed by atoms with Gasteiger partial charge in [-0.25, -0.2) is 8.42 Å². The Hall–Kier alpha value is -4.63. The highest BCUT2D eigenvalue weighted by Crippen LogP contribution is 2.33. The van der Waals surface area contributed by atoms with E-state index in [9.17, 15) is 18.0 Å². The second-order valence-electron chi connectivity index (χ2n) is 9.59. The minimum absolute atomic E-state index is 0.0395. The fourth-order valence-electron chi connectivity index (χ4n) is 4.30. The van der Waals surface area contributed by atoms with Crippen molar-refractivity contribution in [3.63, 3.8) is 0 Å². The highest BCUT2D eigenvalue weighted by Gasteiger charge is 2.30. The van der Waals surface area contributed by atoms with Gasteiger partial charge in [0.1, 0.15) is 12.3 Å². The van der Waals surface area contributed by atoms with Gasteiger partial charge >= 0.3 is 0 Å². The van der Waals surface area contributed by atoms with Crippen molar-refractivity contribution < 1.29 is 22.7 Å². The molecule has 2 N–H and O–H groups in total. The van der Waals surface area contributed by atoms with E-state index in [-0.39, 0.29) is 27.7 Å². The van der Waals surface area contributed by atoms with Crippen LogP contribution in [0.3, 0.4) is 0 Å². The summed E-state index contributed by atoms with van der Waals surface area (Å²) in [6, 6.07) is 27.9. The van der Waals surface area contributed by atoms with E-state index < -0.39 is 22.5 Å². The number of carbonyl (C=O) groups excluding carboxylic acids is 2. The van der Waals surface area contributed by atoms with Crippen LogP contribution < -0.4 is 19.7 Å². The summed E-state index contributed by atoms with van der Waals surface area (Å²) in [5, 5.41) is 5.62. The highest BCUT2D eigenvalue weighted by atomic mass is 32.2. The summed E-state index contributed by atoms with van der Waals surface area (Å²) in [5.74, 6) is -0.660. The zero-order chi connectivity index (χ0) is 29.4. The molecule has 0 aromatic heterocycles. The van der Waals surface area contributed by atoms with Gasteiger partial charge in [-0.15, -0.1) is 0 Å². The molecule has 0 saturated carbocycles. The normalized spacial score (nSPS) is 11.0. The molecule has 0 aliphatic heterocycles. The number of nitrogens with zero attached hydrogens (tertiary/aromatic N) is 1. The maximum Gasteiger partial charge on any atom is 0.264 e. The van der Waals surface area contributed by atoms with Gasteiger partial charge < -0.3 is 15.4 Å². The predicted octanol–water partition coefficient (Wildman–Crippen LogP) is 5.12. The molecule has 0 fully saturated rings. The number of nitrogens with one attached hydrogen (secondary N) is 2. The zero-order valence-electron chi connectivity index (χ0n) is 23.3. The summed E-state index contributed by atoms with van der Waals surface area (Å²) in [5.41, 5.74) is 3.57. The maximum absolute atomic E-state index is 13.8. The van der Waals surface area contributed by atoms with Crippen LogP contribution >= 0.6 is 0 Å². The molecular formula is C32H33N3O5S. The van der Waals surface area contributed by atoms with Gasteiger partial charge in [-0.3, -0.25) is 13.9 Å². The highest BCUT2D eigenvalue weighted by molar-refractivity contribution is 7.92. The fraction of sp³-hybridized carbons (Fsp3) is 0.188. The van der Waals surface area contributed by atoms with Gasteiger partial charge in [-0.1, -0.05) is 66.2 Å². The maximum atomic E-state index is 13.8. The molecule has 212 valence electrons. The minimum atomic E-state index is -4.16. The van der Waals surface area contributed by atoms with Crippen molar-refractivity contribution in [2.24, 2.45) is 0 Å². The number of para-hydroxylation sites is 1. The van der Waals surface area contributed by atoms with Crippen LogP contribution in [0.25, 0.3) is 0 Å². The monoisotopic (exact) mass is 571 g/mol. The number of ether oxygens (including phenoxy) is 1. The van der Waals surface area contributed by atoms with Crippen molar-refractivity contribution in [1.29, 1.82) is 0 Å². The third-order valence-corrected chi connectivity index (χ3v) is 8.26. The van der Waals surface area contributed by atoms with Gasteiger partial charge in [0.25, 0.3) is 15.9 Å². The third-order valence-electron chi connectivity index (χ3n) is 6.49. The Kier molecular flexibility index (Phi) is 9.41. The quantitative estimate of drug-likeness (QED) is 0.260. The Morgan fingerprint density at radius 1 is 0.829 bits per heavy atom. The summed E-state index contributed by atoms with van der Waals surface area (Å²) >= 11 is 0. The molecule has 0 saturated heterocycles. The smallest absolute Gasteiger partial charge is 0.264 e. The summed E-state index contributed by atoms with van der Waals surface area (Å²) in [7, 11) is -2.72. The zero-order valence-corrected chi connectivity index (χ0v) is 24.1. The molecule has 4 aromatic rings. The lowest BCUT2D eigenvalue weighted by atomic mass is 10.1. The number of benzene rings is 4. The number of hydrogen-bond donors (Lipinski definition) is 2. The molecule has 0 aliphatic rings. The molecule has 8 nitrogen and oxygen atoms in total. The first-order chi connectivity index (χ1) is 19.7. The van der Waals surface area contributed by atoms with Crippen molar-refractivity contribution in [2.45, 2.75) is 25.2 Å². The van der Waals surface area contributed by atoms with Crippen LogP contribution in [0.5, 0.6) is 5.75 Å². The Morgan fingerprint density at radius 3 is 2.20 bits per heavy atom. The van der Waals surface area contributed by atoms with E-state index in [0.717, 1.165) is 21.0 Å². The number of aryl methyl sites for hydroxylation is 2. The number of amides is 2. The third kappa shape index (κ3) is 7.32. The van der Waals surface area contributed by atoms with Crippen molar-refractivity contribution in [3.8, 4) is 5.75 Å². The largest absolute Gasteiger partial charge is 0.495 e. The Labute approximate surface area is 241 Å². The number of hydrogen-bond acceptors (Lipinski definition) is 5. The summed E-state index contributed by atoms with van der Waals surface area (Å²) in [4.78, 5) is 26.4. The molecule has 9 heteroatoms. The van der Waals surface area contributed by atoms with E-state index in [4.69, 9.17) is 4.74 Å². The van der Waals surface area contributed by atoms with Crippen LogP contribution in [0.15, 0.2) is 102 Å². The van der Waals surface area contributed by atoms with Gasteiger partial charge in [0.05, 0.1) is 28.9 Å². The SMILES string of the molecule is COc1ccc(C)cc1N(CC(=O)Nc1ccccc1C(=O)NCCc1ccccc1)S(=O)(=O)c1ccc(C)cc1. The van der Waals surface area contributed by atoms with E-state index in [1.165, 1.54) is 19.2 Å². The van der Waals surface area contributed by atoms with E-state index in [2.05, 4.69) is 10.6 Å². The van der Waals surface area contributed by atoms with E-state index in [0.29, 0.717) is 18.7 Å². The molecule has 4 aromatic carbocycles. The topological polar surface area (TPSA) is 105 Å². The Bertz CT molecular complexity index is 1620.